The fourth-order valence-corrected chi connectivity index (χ4v) is 1.51. The number of aromatic nitrogens is 1. The van der Waals surface area contributed by atoms with Crippen LogP contribution in [0.25, 0.3) is 10.9 Å². The zero-order valence-corrected chi connectivity index (χ0v) is 8.62. The van der Waals surface area contributed by atoms with Gasteiger partial charge in [0.15, 0.2) is 0 Å². The van der Waals surface area contributed by atoms with Crippen molar-refractivity contribution in [1.29, 1.82) is 0 Å². The van der Waals surface area contributed by atoms with Crippen molar-refractivity contribution in [3.63, 3.8) is 0 Å². The lowest BCUT2D eigenvalue weighted by atomic mass is 10.2. The van der Waals surface area contributed by atoms with Gasteiger partial charge in [-0.15, -0.1) is 0 Å². The fraction of sp³-hybridized carbons (Fsp3) is 0.250. The molecule has 0 aliphatic carbocycles. The van der Waals surface area contributed by atoms with Crippen molar-refractivity contribution in [3.8, 4) is 0 Å². The molecular weight excluding hydrogens is 190 g/mol. The van der Waals surface area contributed by atoms with E-state index in [0.717, 1.165) is 17.3 Å². The monoisotopic (exact) mass is 203 g/mol. The molecule has 0 bridgehead atoms. The number of aromatic amines is 1. The summed E-state index contributed by atoms with van der Waals surface area (Å²) in [5.41, 5.74) is 1.57. The number of carbonyl (C=O) groups excluding carboxylic acids is 1. The molecule has 0 amide bonds. The molecule has 15 heavy (non-hydrogen) atoms. The molecule has 1 heterocycles. The van der Waals surface area contributed by atoms with Crippen molar-refractivity contribution in [2.45, 2.75) is 13.3 Å². The molecular formula is C12H13NO2. The molecule has 1 N–H and O–H groups in total. The first-order valence-electron chi connectivity index (χ1n) is 5.06. The standard InChI is InChI=1S/C12H13NO2/c1-2-7-15-12(14)10-8-13-11-6-4-3-5-9(10)11/h3-6,8,13H,2,7H2,1H3. The lowest BCUT2D eigenvalue weighted by Gasteiger charge is -2.00. The molecule has 0 atom stereocenters. The first-order chi connectivity index (χ1) is 7.33. The summed E-state index contributed by atoms with van der Waals surface area (Å²) in [5.74, 6) is -0.255. The second kappa shape index (κ2) is 4.17. The molecule has 0 aliphatic heterocycles. The van der Waals surface area contributed by atoms with E-state index >= 15 is 0 Å². The summed E-state index contributed by atoms with van der Waals surface area (Å²) in [6.45, 7) is 2.45. The Bertz CT molecular complexity index is 473. The zero-order valence-electron chi connectivity index (χ0n) is 8.62. The zero-order chi connectivity index (χ0) is 10.7. The van der Waals surface area contributed by atoms with E-state index in [1.165, 1.54) is 0 Å². The highest BCUT2D eigenvalue weighted by molar-refractivity contribution is 6.03. The lowest BCUT2D eigenvalue weighted by molar-refractivity contribution is 0.0507. The van der Waals surface area contributed by atoms with E-state index in [0.29, 0.717) is 12.2 Å². The largest absolute Gasteiger partial charge is 0.462 e. The van der Waals surface area contributed by atoms with E-state index in [-0.39, 0.29) is 5.97 Å². The van der Waals surface area contributed by atoms with Gasteiger partial charge in [-0.1, -0.05) is 25.1 Å². The van der Waals surface area contributed by atoms with E-state index in [9.17, 15) is 4.79 Å². The van der Waals surface area contributed by atoms with E-state index < -0.39 is 0 Å². The normalized spacial score (nSPS) is 10.5. The minimum atomic E-state index is -0.255. The topological polar surface area (TPSA) is 42.1 Å². The van der Waals surface area contributed by atoms with Crippen molar-refractivity contribution in [2.75, 3.05) is 6.61 Å². The number of fused-ring (bicyclic) bond motifs is 1. The van der Waals surface area contributed by atoms with Gasteiger partial charge in [0.25, 0.3) is 0 Å². The van der Waals surface area contributed by atoms with Gasteiger partial charge in [-0.25, -0.2) is 4.79 Å². The predicted octanol–water partition coefficient (Wildman–Crippen LogP) is 2.73. The van der Waals surface area contributed by atoms with Crippen LogP contribution in [-0.4, -0.2) is 17.6 Å². The Labute approximate surface area is 88.1 Å². The van der Waals surface area contributed by atoms with Crippen molar-refractivity contribution >= 4 is 16.9 Å². The molecule has 1 aromatic heterocycles. The van der Waals surface area contributed by atoms with Crippen LogP contribution in [0.5, 0.6) is 0 Å². The average Bonchev–Trinajstić information content (AvgIpc) is 2.69. The minimum absolute atomic E-state index is 0.255. The Morgan fingerprint density at radius 2 is 2.20 bits per heavy atom. The van der Waals surface area contributed by atoms with Crippen molar-refractivity contribution in [3.05, 3.63) is 36.0 Å². The molecule has 78 valence electrons. The number of nitrogens with one attached hydrogen (secondary N) is 1. The molecule has 0 aliphatic rings. The third kappa shape index (κ3) is 1.86. The van der Waals surface area contributed by atoms with Crippen LogP contribution >= 0.6 is 0 Å². The minimum Gasteiger partial charge on any atom is -0.462 e. The molecule has 0 radical (unpaired) electrons. The number of esters is 1. The highest BCUT2D eigenvalue weighted by Crippen LogP contribution is 2.18. The number of hydrogen-bond acceptors (Lipinski definition) is 2. The van der Waals surface area contributed by atoms with Crippen molar-refractivity contribution in [2.24, 2.45) is 0 Å². The first-order valence-corrected chi connectivity index (χ1v) is 5.06. The summed E-state index contributed by atoms with van der Waals surface area (Å²) in [6, 6.07) is 7.69. The molecule has 0 fully saturated rings. The number of para-hydroxylation sites is 1. The number of carbonyl (C=O) groups is 1. The van der Waals surface area contributed by atoms with E-state index in [1.807, 2.05) is 31.2 Å². The van der Waals surface area contributed by atoms with Gasteiger partial charge in [0.05, 0.1) is 12.2 Å². The third-order valence-corrected chi connectivity index (χ3v) is 2.25. The molecule has 2 aromatic rings. The van der Waals surface area contributed by atoms with Gasteiger partial charge < -0.3 is 9.72 Å². The number of rotatable bonds is 3. The van der Waals surface area contributed by atoms with Crippen molar-refractivity contribution in [1.82, 2.24) is 4.98 Å². The van der Waals surface area contributed by atoms with Crippen LogP contribution < -0.4 is 0 Å². The highest BCUT2D eigenvalue weighted by atomic mass is 16.5. The Kier molecular flexibility index (Phi) is 2.72. The summed E-state index contributed by atoms with van der Waals surface area (Å²) in [6.07, 6.45) is 2.54. The summed E-state index contributed by atoms with van der Waals surface area (Å²) >= 11 is 0. The number of ether oxygens (including phenoxy) is 1. The quantitative estimate of drug-likeness (QED) is 0.779. The average molecular weight is 203 g/mol. The van der Waals surface area contributed by atoms with Crippen LogP contribution in [0.15, 0.2) is 30.5 Å². The number of hydrogen-bond donors (Lipinski definition) is 1. The van der Waals surface area contributed by atoms with Gasteiger partial charge in [0.1, 0.15) is 0 Å². The maximum atomic E-state index is 11.6. The first kappa shape index (κ1) is 9.77. The SMILES string of the molecule is CCCOC(=O)c1c[nH]c2ccccc12. The maximum absolute atomic E-state index is 11.6. The second-order valence-electron chi connectivity index (χ2n) is 3.38. The van der Waals surface area contributed by atoms with Crippen LogP contribution in [0.1, 0.15) is 23.7 Å². The summed E-state index contributed by atoms with van der Waals surface area (Å²) in [4.78, 5) is 14.7. The van der Waals surface area contributed by atoms with Crippen LogP contribution in [0.4, 0.5) is 0 Å². The summed E-state index contributed by atoms with van der Waals surface area (Å²) in [7, 11) is 0. The van der Waals surface area contributed by atoms with Gasteiger partial charge >= 0.3 is 5.97 Å². The molecule has 0 spiro atoms. The van der Waals surface area contributed by atoms with Gasteiger partial charge in [0, 0.05) is 17.1 Å². The summed E-state index contributed by atoms with van der Waals surface area (Å²) in [5, 5.41) is 0.915. The van der Waals surface area contributed by atoms with Crippen LogP contribution in [0.2, 0.25) is 0 Å². The van der Waals surface area contributed by atoms with E-state index in [2.05, 4.69) is 4.98 Å². The highest BCUT2D eigenvalue weighted by Gasteiger charge is 2.11. The Morgan fingerprint density at radius 1 is 1.40 bits per heavy atom. The van der Waals surface area contributed by atoms with Crippen LogP contribution in [0.3, 0.4) is 0 Å². The van der Waals surface area contributed by atoms with Crippen LogP contribution in [0, 0.1) is 0 Å². The Hall–Kier alpha value is -1.77. The lowest BCUT2D eigenvalue weighted by Crippen LogP contribution is -2.04. The smallest absolute Gasteiger partial charge is 0.340 e. The molecule has 0 unspecified atom stereocenters. The molecule has 0 saturated heterocycles. The van der Waals surface area contributed by atoms with Gasteiger partial charge in [0.2, 0.25) is 0 Å². The number of benzene rings is 1. The van der Waals surface area contributed by atoms with E-state index in [4.69, 9.17) is 4.74 Å². The number of H-pyrrole nitrogens is 1. The summed E-state index contributed by atoms with van der Waals surface area (Å²) < 4.78 is 5.08. The van der Waals surface area contributed by atoms with Gasteiger partial charge in [-0.05, 0) is 12.5 Å². The van der Waals surface area contributed by atoms with E-state index in [1.54, 1.807) is 6.20 Å². The molecule has 3 nitrogen and oxygen atoms in total. The Morgan fingerprint density at radius 3 is 3.00 bits per heavy atom. The van der Waals surface area contributed by atoms with Crippen molar-refractivity contribution < 1.29 is 9.53 Å². The van der Waals surface area contributed by atoms with Crippen LogP contribution in [-0.2, 0) is 4.74 Å². The molecule has 1 aromatic carbocycles. The molecule has 0 saturated carbocycles. The van der Waals surface area contributed by atoms with Gasteiger partial charge in [-0.2, -0.15) is 0 Å². The molecule has 2 rings (SSSR count). The fourth-order valence-electron chi connectivity index (χ4n) is 1.51. The second-order valence-corrected chi connectivity index (χ2v) is 3.38. The Balaban J connectivity index is 2.31. The predicted molar refractivity (Wildman–Crippen MR) is 58.9 cm³/mol. The van der Waals surface area contributed by atoms with Gasteiger partial charge in [-0.3, -0.25) is 0 Å². The molecule has 3 heteroatoms. The maximum Gasteiger partial charge on any atom is 0.340 e. The third-order valence-electron chi connectivity index (χ3n) is 2.25.